The summed E-state index contributed by atoms with van der Waals surface area (Å²) in [7, 11) is 0. The fraction of sp³-hybridized carbons (Fsp3) is 1.00. The molecule has 0 rings (SSSR count). The predicted molar refractivity (Wildman–Crippen MR) is 69.1 cm³/mol. The summed E-state index contributed by atoms with van der Waals surface area (Å²) in [5.74, 6) is 0.610. The normalized spacial score (nSPS) is 15.6. The van der Waals surface area contributed by atoms with Gasteiger partial charge in [-0.25, -0.2) is 0 Å². The van der Waals surface area contributed by atoms with Crippen molar-refractivity contribution >= 4 is 0 Å². The van der Waals surface area contributed by atoms with Crippen LogP contribution in [0.3, 0.4) is 0 Å². The highest BCUT2D eigenvalue weighted by atomic mass is 15.1. The molecule has 2 heteroatoms. The molecule has 0 aromatic heterocycles. The van der Waals surface area contributed by atoms with Crippen LogP contribution < -0.4 is 5.73 Å². The molecule has 0 bridgehead atoms. The smallest absolute Gasteiger partial charge is 0.00483 e. The van der Waals surface area contributed by atoms with Gasteiger partial charge < -0.3 is 10.6 Å². The van der Waals surface area contributed by atoms with Gasteiger partial charge in [-0.1, -0.05) is 33.6 Å². The summed E-state index contributed by atoms with van der Waals surface area (Å²) < 4.78 is 0. The average Bonchev–Trinajstić information content (AvgIpc) is 2.21. The van der Waals surface area contributed by atoms with Gasteiger partial charge in [0, 0.05) is 12.6 Å². The fourth-order valence-electron chi connectivity index (χ4n) is 1.63. The Balaban J connectivity index is 3.87. The van der Waals surface area contributed by atoms with Crippen molar-refractivity contribution in [1.82, 2.24) is 4.90 Å². The van der Waals surface area contributed by atoms with Gasteiger partial charge in [0.2, 0.25) is 0 Å². The molecule has 2 unspecified atom stereocenters. The van der Waals surface area contributed by atoms with E-state index in [1.165, 1.54) is 38.8 Å². The number of unbranched alkanes of at least 4 members (excludes halogenated alkanes) is 2. The Labute approximate surface area is 96.2 Å². The van der Waals surface area contributed by atoms with Crippen molar-refractivity contribution in [2.24, 2.45) is 11.7 Å². The molecule has 2 nitrogen and oxygen atoms in total. The van der Waals surface area contributed by atoms with Crippen LogP contribution in [0, 0.1) is 5.92 Å². The minimum absolute atomic E-state index is 0.316. The lowest BCUT2D eigenvalue weighted by molar-refractivity contribution is 0.219. The zero-order valence-corrected chi connectivity index (χ0v) is 11.1. The molecule has 0 saturated carbocycles. The van der Waals surface area contributed by atoms with Crippen molar-refractivity contribution in [2.75, 3.05) is 19.6 Å². The minimum Gasteiger partial charge on any atom is -0.328 e. The molecule has 0 radical (unpaired) electrons. The molecule has 0 saturated heterocycles. The molecular weight excluding hydrogens is 184 g/mol. The molecule has 0 aliphatic heterocycles. The highest BCUT2D eigenvalue weighted by Crippen LogP contribution is 2.06. The van der Waals surface area contributed by atoms with Crippen molar-refractivity contribution in [3.63, 3.8) is 0 Å². The summed E-state index contributed by atoms with van der Waals surface area (Å²) in [5.41, 5.74) is 5.91. The first-order valence-electron chi connectivity index (χ1n) is 6.59. The standard InChI is InChI=1S/C13H30N2/c1-5-7-9-15(10-8-6-2)11-12(3)13(4)14/h12-13H,5-11,14H2,1-4H3. The summed E-state index contributed by atoms with van der Waals surface area (Å²) in [4.78, 5) is 2.58. The second kappa shape index (κ2) is 9.17. The molecule has 0 heterocycles. The number of nitrogens with zero attached hydrogens (tertiary/aromatic N) is 1. The van der Waals surface area contributed by atoms with Crippen molar-refractivity contribution < 1.29 is 0 Å². The molecule has 15 heavy (non-hydrogen) atoms. The molecule has 2 N–H and O–H groups in total. The van der Waals surface area contributed by atoms with Crippen molar-refractivity contribution in [3.8, 4) is 0 Å². The van der Waals surface area contributed by atoms with Crippen LogP contribution in [0.1, 0.15) is 53.4 Å². The zero-order chi connectivity index (χ0) is 11.7. The van der Waals surface area contributed by atoms with Crippen LogP contribution in [0.25, 0.3) is 0 Å². The third kappa shape index (κ3) is 7.80. The fourth-order valence-corrected chi connectivity index (χ4v) is 1.63. The molecule has 0 aromatic rings. The Morgan fingerprint density at radius 2 is 1.47 bits per heavy atom. The summed E-state index contributed by atoms with van der Waals surface area (Å²) in [6.45, 7) is 12.5. The van der Waals surface area contributed by atoms with Gasteiger partial charge in [-0.05, 0) is 38.8 Å². The largest absolute Gasteiger partial charge is 0.328 e. The molecule has 0 aliphatic carbocycles. The first-order chi connectivity index (χ1) is 7.11. The van der Waals surface area contributed by atoms with Crippen molar-refractivity contribution in [3.05, 3.63) is 0 Å². The Morgan fingerprint density at radius 1 is 1.00 bits per heavy atom. The van der Waals surface area contributed by atoms with Crippen LogP contribution >= 0.6 is 0 Å². The predicted octanol–water partition coefficient (Wildman–Crippen LogP) is 2.87. The van der Waals surface area contributed by atoms with E-state index in [1.807, 2.05) is 0 Å². The lowest BCUT2D eigenvalue weighted by Gasteiger charge is -2.27. The van der Waals surface area contributed by atoms with Gasteiger partial charge in [0.25, 0.3) is 0 Å². The van der Waals surface area contributed by atoms with Crippen molar-refractivity contribution in [1.29, 1.82) is 0 Å². The van der Waals surface area contributed by atoms with E-state index in [0.29, 0.717) is 12.0 Å². The van der Waals surface area contributed by atoms with Crippen LogP contribution in [0.4, 0.5) is 0 Å². The quantitative estimate of drug-likeness (QED) is 0.639. The molecular formula is C13H30N2. The monoisotopic (exact) mass is 214 g/mol. The van der Waals surface area contributed by atoms with Crippen LogP contribution in [0.15, 0.2) is 0 Å². The second-order valence-electron chi connectivity index (χ2n) is 4.84. The van der Waals surface area contributed by atoms with Crippen LogP contribution in [-0.4, -0.2) is 30.6 Å². The van der Waals surface area contributed by atoms with E-state index < -0.39 is 0 Å². The maximum atomic E-state index is 5.91. The molecule has 0 fully saturated rings. The maximum absolute atomic E-state index is 5.91. The first-order valence-corrected chi connectivity index (χ1v) is 6.59. The summed E-state index contributed by atoms with van der Waals surface area (Å²) in [6, 6.07) is 0.316. The summed E-state index contributed by atoms with van der Waals surface area (Å²) >= 11 is 0. The first kappa shape index (κ1) is 14.9. The Bertz CT molecular complexity index is 126. The molecule has 0 amide bonds. The molecule has 92 valence electrons. The highest BCUT2D eigenvalue weighted by molar-refractivity contribution is 4.69. The number of hydrogen-bond donors (Lipinski definition) is 1. The number of hydrogen-bond acceptors (Lipinski definition) is 2. The molecule has 2 atom stereocenters. The topological polar surface area (TPSA) is 29.3 Å². The van der Waals surface area contributed by atoms with Crippen LogP contribution in [0.5, 0.6) is 0 Å². The third-order valence-corrected chi connectivity index (χ3v) is 3.10. The summed E-state index contributed by atoms with van der Waals surface area (Å²) in [5, 5.41) is 0. The van der Waals surface area contributed by atoms with Gasteiger partial charge in [0.1, 0.15) is 0 Å². The molecule has 0 spiro atoms. The maximum Gasteiger partial charge on any atom is 0.00483 e. The van der Waals surface area contributed by atoms with Crippen LogP contribution in [0.2, 0.25) is 0 Å². The van der Waals surface area contributed by atoms with Gasteiger partial charge in [-0.2, -0.15) is 0 Å². The van der Waals surface area contributed by atoms with E-state index in [9.17, 15) is 0 Å². The van der Waals surface area contributed by atoms with E-state index in [4.69, 9.17) is 5.73 Å². The SMILES string of the molecule is CCCCN(CCCC)CC(C)C(C)N. The van der Waals surface area contributed by atoms with E-state index in [0.717, 1.165) is 6.54 Å². The molecule has 0 aliphatic rings. The highest BCUT2D eigenvalue weighted by Gasteiger charge is 2.12. The number of rotatable bonds is 9. The van der Waals surface area contributed by atoms with Crippen LogP contribution in [-0.2, 0) is 0 Å². The molecule has 0 aromatic carbocycles. The Kier molecular flexibility index (Phi) is 9.12. The van der Waals surface area contributed by atoms with Gasteiger partial charge in [0.05, 0.1) is 0 Å². The lowest BCUT2D eigenvalue weighted by Crippen LogP contribution is -2.37. The Hall–Kier alpha value is -0.0800. The van der Waals surface area contributed by atoms with Gasteiger partial charge in [-0.15, -0.1) is 0 Å². The number of nitrogens with two attached hydrogens (primary N) is 1. The van der Waals surface area contributed by atoms with Gasteiger partial charge in [-0.3, -0.25) is 0 Å². The van der Waals surface area contributed by atoms with E-state index in [1.54, 1.807) is 0 Å². The second-order valence-corrected chi connectivity index (χ2v) is 4.84. The summed E-state index contributed by atoms with van der Waals surface area (Å²) in [6.07, 6.45) is 5.20. The van der Waals surface area contributed by atoms with E-state index >= 15 is 0 Å². The average molecular weight is 214 g/mol. The Morgan fingerprint density at radius 3 is 1.80 bits per heavy atom. The third-order valence-electron chi connectivity index (χ3n) is 3.10. The van der Waals surface area contributed by atoms with Crippen molar-refractivity contribution in [2.45, 2.75) is 59.4 Å². The van der Waals surface area contributed by atoms with E-state index in [2.05, 4.69) is 32.6 Å². The minimum atomic E-state index is 0.316. The van der Waals surface area contributed by atoms with Gasteiger partial charge in [0.15, 0.2) is 0 Å². The lowest BCUT2D eigenvalue weighted by atomic mass is 10.0. The van der Waals surface area contributed by atoms with E-state index in [-0.39, 0.29) is 0 Å². The zero-order valence-electron chi connectivity index (χ0n) is 11.1. The van der Waals surface area contributed by atoms with Gasteiger partial charge >= 0.3 is 0 Å².